The van der Waals surface area contributed by atoms with Crippen molar-refractivity contribution in [1.82, 2.24) is 0 Å². The molecule has 0 fully saturated rings. The molecule has 0 spiro atoms. The van der Waals surface area contributed by atoms with Crippen LogP contribution in [0.1, 0.15) is 0 Å². The van der Waals surface area contributed by atoms with E-state index in [0.29, 0.717) is 0 Å². The third-order valence-electron chi connectivity index (χ3n) is 0. The molecule has 0 aromatic carbocycles. The van der Waals surface area contributed by atoms with E-state index in [9.17, 15) is 0 Å². The fraction of sp³-hybridized carbons (Fsp3) is 0. The van der Waals surface area contributed by atoms with Crippen LogP contribution in [-0.2, 0) is 57.6 Å². The fourth-order valence-corrected chi connectivity index (χ4v) is 0. The van der Waals surface area contributed by atoms with Crippen molar-refractivity contribution >= 4 is 0 Å². The molecule has 0 heterocycles. The van der Waals surface area contributed by atoms with Gasteiger partial charge in [-0.15, -0.1) is 0 Å². The SMILES string of the molecule is O.[O]=[Hg].[O]=[Hg]. The summed E-state index contributed by atoms with van der Waals surface area (Å²) in [6, 6.07) is 0. The molecule has 0 saturated carbocycles. The van der Waals surface area contributed by atoms with Crippen molar-refractivity contribution < 1.29 is 63.0 Å². The summed E-state index contributed by atoms with van der Waals surface area (Å²) in [4.78, 5) is 0. The average Bonchev–Trinajstić information content (AvgIpc) is 1.50. The zero-order chi connectivity index (χ0) is 4.00. The van der Waals surface area contributed by atoms with E-state index < -0.39 is 0 Å². The van der Waals surface area contributed by atoms with E-state index in [2.05, 4.69) is 0 Å². The van der Waals surface area contributed by atoms with E-state index in [1.807, 2.05) is 0 Å². The standard InChI is InChI=1S/2Hg.H2O.2O/h;;1H2;;. The van der Waals surface area contributed by atoms with E-state index in [4.69, 9.17) is 5.28 Å². The molecule has 24 valence electrons. The van der Waals surface area contributed by atoms with Gasteiger partial charge in [0.25, 0.3) is 0 Å². The van der Waals surface area contributed by atoms with Gasteiger partial charge in [-0.1, -0.05) is 0 Å². The van der Waals surface area contributed by atoms with E-state index in [1.165, 1.54) is 0 Å². The molecule has 0 bridgehead atoms. The maximum atomic E-state index is 8.44. The molecule has 5 heteroatoms. The van der Waals surface area contributed by atoms with Gasteiger partial charge in [-0.25, -0.2) is 0 Å². The van der Waals surface area contributed by atoms with Gasteiger partial charge in [-0.3, -0.25) is 0 Å². The Kier molecular flexibility index (Phi) is 168. The molecular formula is H2Hg2O3. The van der Waals surface area contributed by atoms with Crippen LogP contribution in [0.25, 0.3) is 0 Å². The Hall–Kier alpha value is 1.43. The van der Waals surface area contributed by atoms with Gasteiger partial charge in [0, 0.05) is 0 Å². The van der Waals surface area contributed by atoms with Crippen molar-refractivity contribution in [1.29, 1.82) is 0 Å². The molecule has 5 heavy (non-hydrogen) atoms. The van der Waals surface area contributed by atoms with E-state index in [1.54, 1.807) is 0 Å². The predicted octanol–water partition coefficient (Wildman–Crippen LogP) is -1.07. The summed E-state index contributed by atoms with van der Waals surface area (Å²) in [7, 11) is 0. The van der Waals surface area contributed by atoms with Gasteiger partial charge in [0.05, 0.1) is 0 Å². The summed E-state index contributed by atoms with van der Waals surface area (Å²) in [6.07, 6.45) is 0. The Morgan fingerprint density at radius 2 is 0.800 bits per heavy atom. The zero-order valence-corrected chi connectivity index (χ0v) is 13.7. The molecule has 0 aromatic rings. The van der Waals surface area contributed by atoms with Gasteiger partial charge in [0.1, 0.15) is 0 Å². The molecule has 0 saturated heterocycles. The van der Waals surface area contributed by atoms with Crippen LogP contribution in [0.15, 0.2) is 0 Å². The summed E-state index contributed by atoms with van der Waals surface area (Å²) in [5.74, 6) is 0. The van der Waals surface area contributed by atoms with Gasteiger partial charge in [0.2, 0.25) is 0 Å². The Morgan fingerprint density at radius 1 is 0.800 bits per heavy atom. The Labute approximate surface area is 62.3 Å². The van der Waals surface area contributed by atoms with Gasteiger partial charge in [-0.05, 0) is 0 Å². The van der Waals surface area contributed by atoms with Crippen LogP contribution in [-0.4, -0.2) is 5.48 Å². The second kappa shape index (κ2) is 52.1. The molecule has 0 atom stereocenters. The predicted molar refractivity (Wildman–Crippen MR) is 4.99 cm³/mol. The molecule has 0 aliphatic rings. The maximum absolute atomic E-state index is 8.44. The molecule has 3 nitrogen and oxygen atoms in total. The van der Waals surface area contributed by atoms with Crippen molar-refractivity contribution in [2.24, 2.45) is 0 Å². The molecule has 0 aliphatic carbocycles. The molecule has 0 aliphatic heterocycles. The third-order valence-corrected chi connectivity index (χ3v) is 0. The van der Waals surface area contributed by atoms with Crippen LogP contribution in [0.4, 0.5) is 0 Å². The fourth-order valence-electron chi connectivity index (χ4n) is 0. The molecular weight excluding hydrogens is 449 g/mol. The summed E-state index contributed by atoms with van der Waals surface area (Å²) in [5, 5.41) is 0. The molecule has 0 amide bonds. The van der Waals surface area contributed by atoms with Crippen molar-refractivity contribution in [2.75, 3.05) is 0 Å². The molecule has 0 aromatic heterocycles. The van der Waals surface area contributed by atoms with Crippen molar-refractivity contribution in [3.05, 3.63) is 0 Å². The first-order valence-electron chi connectivity index (χ1n) is 0.577. The van der Waals surface area contributed by atoms with Crippen LogP contribution >= 0.6 is 0 Å². The quantitative estimate of drug-likeness (QED) is 0.441. The van der Waals surface area contributed by atoms with E-state index in [0.717, 1.165) is 0 Å². The summed E-state index contributed by atoms with van der Waals surface area (Å²) >= 11 is -0.444. The second-order valence-electron chi connectivity index (χ2n) is 0. The van der Waals surface area contributed by atoms with Crippen molar-refractivity contribution in [3.8, 4) is 0 Å². The Balaban J connectivity index is -0.0000000133. The van der Waals surface area contributed by atoms with Crippen LogP contribution in [0.3, 0.4) is 0 Å². The number of hydrogen-bond acceptors (Lipinski definition) is 2. The van der Waals surface area contributed by atoms with E-state index in [-0.39, 0.29) is 57.8 Å². The third kappa shape index (κ3) is 31.2. The first-order chi connectivity index (χ1) is 2.00. The van der Waals surface area contributed by atoms with Crippen molar-refractivity contribution in [3.63, 3.8) is 0 Å². The van der Waals surface area contributed by atoms with Crippen molar-refractivity contribution in [2.45, 2.75) is 0 Å². The Morgan fingerprint density at radius 3 is 0.800 bits per heavy atom. The number of hydrogen-bond donors (Lipinski definition) is 0. The minimum atomic E-state index is -0.222. The molecule has 2 N–H and O–H groups in total. The monoisotopic (exact) mass is 454 g/mol. The first-order valence-corrected chi connectivity index (χ1v) is 5.07. The number of rotatable bonds is 0. The van der Waals surface area contributed by atoms with Crippen LogP contribution in [0.5, 0.6) is 0 Å². The Bertz CT molecular complexity index is 6.85. The summed E-state index contributed by atoms with van der Waals surface area (Å²) < 4.78 is 16.9. The minimum absolute atomic E-state index is 0. The topological polar surface area (TPSA) is 65.6 Å². The second-order valence-corrected chi connectivity index (χ2v) is 0. The summed E-state index contributed by atoms with van der Waals surface area (Å²) in [5.41, 5.74) is 0. The normalized spacial score (nSPS) is 2.40. The molecule has 0 radical (unpaired) electrons. The molecule has 0 rings (SSSR count). The van der Waals surface area contributed by atoms with Crippen LogP contribution in [0.2, 0.25) is 0 Å². The van der Waals surface area contributed by atoms with E-state index >= 15 is 0 Å². The van der Waals surface area contributed by atoms with Gasteiger partial charge < -0.3 is 5.48 Å². The molecule has 0 unspecified atom stereocenters. The van der Waals surface area contributed by atoms with Gasteiger partial charge in [0.15, 0.2) is 0 Å². The summed E-state index contributed by atoms with van der Waals surface area (Å²) in [6.45, 7) is 0. The first kappa shape index (κ1) is 16.1. The van der Waals surface area contributed by atoms with Crippen LogP contribution in [0, 0.1) is 0 Å². The van der Waals surface area contributed by atoms with Crippen LogP contribution < -0.4 is 0 Å². The van der Waals surface area contributed by atoms with Gasteiger partial charge in [-0.2, -0.15) is 0 Å². The average molecular weight is 451 g/mol. The zero-order valence-electron chi connectivity index (χ0n) is 2.73. The van der Waals surface area contributed by atoms with Gasteiger partial charge >= 0.3 is 57.6 Å².